The van der Waals surface area contributed by atoms with Crippen molar-refractivity contribution in [2.45, 2.75) is 17.2 Å². The van der Waals surface area contributed by atoms with Gasteiger partial charge >= 0.3 is 5.97 Å². The number of nitrogen functional groups attached to an aromatic ring is 1. The molecule has 0 bridgehead atoms. The molecule has 2 N–H and O–H groups in total. The van der Waals surface area contributed by atoms with E-state index in [1.807, 2.05) is 0 Å². The highest BCUT2D eigenvalue weighted by Gasteiger charge is 2.27. The summed E-state index contributed by atoms with van der Waals surface area (Å²) in [6.45, 7) is 1.19. The SMILES string of the molecule is COC(=O)C1CCN(C(=O)CSc2nnc(N)s2)CC1. The first-order chi connectivity index (χ1) is 9.60. The average Bonchev–Trinajstić information content (AvgIpc) is 2.89. The van der Waals surface area contributed by atoms with Crippen LogP contribution in [-0.4, -0.2) is 52.9 Å². The van der Waals surface area contributed by atoms with E-state index in [0.717, 1.165) is 0 Å². The van der Waals surface area contributed by atoms with Gasteiger partial charge in [0.15, 0.2) is 4.34 Å². The van der Waals surface area contributed by atoms with Crippen LogP contribution in [0.3, 0.4) is 0 Å². The third-order valence-corrected chi connectivity index (χ3v) is 4.99. The number of carbonyl (C=O) groups excluding carboxylic acids is 2. The molecule has 1 aliphatic rings. The molecule has 1 saturated heterocycles. The lowest BCUT2D eigenvalue weighted by Crippen LogP contribution is -2.41. The molecule has 1 aromatic heterocycles. The molecule has 0 unspecified atom stereocenters. The number of amides is 1. The number of thioether (sulfide) groups is 1. The molecule has 20 heavy (non-hydrogen) atoms. The first-order valence-corrected chi connectivity index (χ1v) is 7.97. The maximum atomic E-state index is 12.0. The van der Waals surface area contributed by atoms with Crippen LogP contribution in [0.25, 0.3) is 0 Å². The third kappa shape index (κ3) is 3.83. The molecule has 2 heterocycles. The standard InChI is InChI=1S/C11H16N4O3S2/c1-18-9(17)7-2-4-15(5-3-7)8(16)6-19-11-14-13-10(12)20-11/h7H,2-6H2,1H3,(H2,12,13). The highest BCUT2D eigenvalue weighted by Crippen LogP contribution is 2.25. The Morgan fingerprint density at radius 2 is 2.15 bits per heavy atom. The van der Waals surface area contributed by atoms with E-state index in [1.54, 1.807) is 4.90 Å². The Hall–Kier alpha value is -1.35. The fourth-order valence-electron chi connectivity index (χ4n) is 2.02. The van der Waals surface area contributed by atoms with E-state index in [0.29, 0.717) is 41.2 Å². The fraction of sp³-hybridized carbons (Fsp3) is 0.636. The number of hydrogen-bond acceptors (Lipinski definition) is 8. The Balaban J connectivity index is 1.76. The predicted molar refractivity (Wildman–Crippen MR) is 76.4 cm³/mol. The van der Waals surface area contributed by atoms with Crippen LogP contribution in [0.2, 0.25) is 0 Å². The lowest BCUT2D eigenvalue weighted by molar-refractivity contribution is -0.148. The molecule has 0 aliphatic carbocycles. The first kappa shape index (κ1) is 15.0. The summed E-state index contributed by atoms with van der Waals surface area (Å²) in [4.78, 5) is 25.2. The van der Waals surface area contributed by atoms with Crippen molar-refractivity contribution in [1.29, 1.82) is 0 Å². The van der Waals surface area contributed by atoms with E-state index in [4.69, 9.17) is 10.5 Å². The van der Waals surface area contributed by atoms with Gasteiger partial charge in [-0.2, -0.15) is 0 Å². The Bertz CT molecular complexity index is 486. The van der Waals surface area contributed by atoms with Crippen molar-refractivity contribution in [1.82, 2.24) is 15.1 Å². The molecule has 0 saturated carbocycles. The molecule has 0 aromatic carbocycles. The second-order valence-corrected chi connectivity index (χ2v) is 6.60. The summed E-state index contributed by atoms with van der Waals surface area (Å²) in [5.74, 6) is 0.0971. The number of piperidine rings is 1. The van der Waals surface area contributed by atoms with Crippen molar-refractivity contribution in [3.8, 4) is 0 Å². The molecule has 1 amide bonds. The molecule has 2 rings (SSSR count). The summed E-state index contributed by atoms with van der Waals surface area (Å²) in [5.41, 5.74) is 5.48. The number of carbonyl (C=O) groups is 2. The van der Waals surface area contributed by atoms with Gasteiger partial charge in [0.1, 0.15) is 0 Å². The van der Waals surface area contributed by atoms with Crippen molar-refractivity contribution >= 4 is 40.1 Å². The number of aromatic nitrogens is 2. The molecule has 7 nitrogen and oxygen atoms in total. The maximum Gasteiger partial charge on any atom is 0.308 e. The smallest absolute Gasteiger partial charge is 0.308 e. The Labute approximate surface area is 124 Å². The molecule has 1 aromatic rings. The van der Waals surface area contributed by atoms with Crippen molar-refractivity contribution in [2.24, 2.45) is 5.92 Å². The van der Waals surface area contributed by atoms with Crippen molar-refractivity contribution in [3.05, 3.63) is 0 Å². The molecule has 9 heteroatoms. The van der Waals surface area contributed by atoms with Crippen LogP contribution in [0.15, 0.2) is 4.34 Å². The van der Waals surface area contributed by atoms with Gasteiger partial charge in [0.25, 0.3) is 0 Å². The number of methoxy groups -OCH3 is 1. The fourth-order valence-corrected chi connectivity index (χ4v) is 3.56. The summed E-state index contributed by atoms with van der Waals surface area (Å²) < 4.78 is 5.42. The second-order valence-electron chi connectivity index (χ2n) is 4.37. The van der Waals surface area contributed by atoms with Crippen LogP contribution in [0.4, 0.5) is 5.13 Å². The van der Waals surface area contributed by atoms with E-state index >= 15 is 0 Å². The molecule has 0 radical (unpaired) electrons. The van der Waals surface area contributed by atoms with Crippen LogP contribution < -0.4 is 5.73 Å². The highest BCUT2D eigenvalue weighted by molar-refractivity contribution is 8.01. The Morgan fingerprint density at radius 3 is 2.70 bits per heavy atom. The van der Waals surface area contributed by atoms with Gasteiger partial charge in [-0.15, -0.1) is 10.2 Å². The Kier molecular flexibility index (Phi) is 5.18. The van der Waals surface area contributed by atoms with Gasteiger partial charge in [0.05, 0.1) is 18.8 Å². The van der Waals surface area contributed by atoms with E-state index in [2.05, 4.69) is 10.2 Å². The number of nitrogens with zero attached hydrogens (tertiary/aromatic N) is 3. The van der Waals surface area contributed by atoms with Crippen LogP contribution in [0.1, 0.15) is 12.8 Å². The molecule has 110 valence electrons. The van der Waals surface area contributed by atoms with E-state index < -0.39 is 0 Å². The van der Waals surface area contributed by atoms with Crippen LogP contribution in [0, 0.1) is 5.92 Å². The van der Waals surface area contributed by atoms with Crippen molar-refractivity contribution in [2.75, 3.05) is 31.7 Å². The van der Waals surface area contributed by atoms with Crippen LogP contribution >= 0.6 is 23.1 Å². The minimum Gasteiger partial charge on any atom is -0.469 e. The van der Waals surface area contributed by atoms with Gasteiger partial charge < -0.3 is 15.4 Å². The zero-order valence-corrected chi connectivity index (χ0v) is 12.7. The number of anilines is 1. The van der Waals surface area contributed by atoms with Gasteiger partial charge in [-0.05, 0) is 12.8 Å². The molecular weight excluding hydrogens is 300 g/mol. The largest absolute Gasteiger partial charge is 0.469 e. The van der Waals surface area contributed by atoms with Crippen molar-refractivity contribution < 1.29 is 14.3 Å². The van der Waals surface area contributed by atoms with Gasteiger partial charge in [0, 0.05) is 13.1 Å². The second kappa shape index (κ2) is 6.89. The molecule has 1 fully saturated rings. The molecule has 0 spiro atoms. The van der Waals surface area contributed by atoms with Crippen molar-refractivity contribution in [3.63, 3.8) is 0 Å². The summed E-state index contributed by atoms with van der Waals surface area (Å²) >= 11 is 2.61. The minimum absolute atomic E-state index is 0.0482. The van der Waals surface area contributed by atoms with E-state index in [9.17, 15) is 9.59 Å². The molecular formula is C11H16N4O3S2. The van der Waals surface area contributed by atoms with Crippen LogP contribution in [-0.2, 0) is 14.3 Å². The van der Waals surface area contributed by atoms with Crippen LogP contribution in [0.5, 0.6) is 0 Å². The van der Waals surface area contributed by atoms with E-state index in [1.165, 1.54) is 30.2 Å². The number of hydrogen-bond donors (Lipinski definition) is 1. The number of likely N-dealkylation sites (tertiary alicyclic amines) is 1. The topological polar surface area (TPSA) is 98.4 Å². The lowest BCUT2D eigenvalue weighted by atomic mass is 9.97. The van der Waals surface area contributed by atoms with Gasteiger partial charge in [-0.25, -0.2) is 0 Å². The maximum absolute atomic E-state index is 12.0. The lowest BCUT2D eigenvalue weighted by Gasteiger charge is -2.30. The number of esters is 1. The average molecular weight is 316 g/mol. The zero-order valence-electron chi connectivity index (χ0n) is 11.1. The van der Waals surface area contributed by atoms with Gasteiger partial charge in [0.2, 0.25) is 11.0 Å². The summed E-state index contributed by atoms with van der Waals surface area (Å²) in [6.07, 6.45) is 1.32. The first-order valence-electron chi connectivity index (χ1n) is 6.17. The molecule has 1 aliphatic heterocycles. The van der Waals surface area contributed by atoms with Gasteiger partial charge in [-0.1, -0.05) is 23.1 Å². The number of ether oxygens (including phenoxy) is 1. The Morgan fingerprint density at radius 1 is 1.45 bits per heavy atom. The summed E-state index contributed by atoms with van der Waals surface area (Å²) in [7, 11) is 1.39. The summed E-state index contributed by atoms with van der Waals surface area (Å²) in [6, 6.07) is 0. The van der Waals surface area contributed by atoms with E-state index in [-0.39, 0.29) is 17.8 Å². The monoisotopic (exact) mass is 316 g/mol. The normalized spacial score (nSPS) is 16.1. The number of rotatable bonds is 4. The minimum atomic E-state index is -0.184. The third-order valence-electron chi connectivity index (χ3n) is 3.12. The quantitative estimate of drug-likeness (QED) is 0.642. The highest BCUT2D eigenvalue weighted by atomic mass is 32.2. The van der Waals surface area contributed by atoms with Gasteiger partial charge in [-0.3, -0.25) is 9.59 Å². The zero-order chi connectivity index (χ0) is 14.5. The number of nitrogens with two attached hydrogens (primary N) is 1. The summed E-state index contributed by atoms with van der Waals surface area (Å²) in [5, 5.41) is 7.95. The molecule has 0 atom stereocenters. The predicted octanol–water partition coefficient (Wildman–Crippen LogP) is 0.624.